The first-order chi connectivity index (χ1) is 13.6. The minimum atomic E-state index is -3.41. The number of allylic oxidation sites excluding steroid dienone is 2. The fourth-order valence-electron chi connectivity index (χ4n) is 4.95. The quantitative estimate of drug-likeness (QED) is 0.786. The van der Waals surface area contributed by atoms with Crippen molar-refractivity contribution in [1.82, 2.24) is 5.32 Å². The topological polar surface area (TPSA) is 100.0 Å². The van der Waals surface area contributed by atoms with Crippen LogP contribution in [0.1, 0.15) is 45.6 Å². The van der Waals surface area contributed by atoms with E-state index in [2.05, 4.69) is 41.0 Å². The molecule has 0 aromatic heterocycles. The zero-order chi connectivity index (χ0) is 21.0. The minimum absolute atomic E-state index is 0.123. The van der Waals surface area contributed by atoms with Gasteiger partial charge in [-0.25, -0.2) is 8.42 Å². The first-order valence-corrected chi connectivity index (χ1v) is 11.7. The number of azo groups is 1. The molecule has 1 aliphatic carbocycles. The number of hydrogen-bond acceptors (Lipinski definition) is 6. The van der Waals surface area contributed by atoms with E-state index in [9.17, 15) is 13.2 Å². The Bertz CT molecular complexity index is 1080. The number of ketones is 1. The third-order valence-corrected chi connectivity index (χ3v) is 6.57. The Balaban J connectivity index is 1.94. The molecule has 0 fully saturated rings. The van der Waals surface area contributed by atoms with E-state index in [-0.39, 0.29) is 17.4 Å². The van der Waals surface area contributed by atoms with Gasteiger partial charge in [-0.15, -0.1) is 0 Å². The molecule has 0 amide bonds. The van der Waals surface area contributed by atoms with Crippen LogP contribution >= 0.6 is 0 Å². The molecule has 7 nitrogen and oxygen atoms in total. The second-order valence-electron chi connectivity index (χ2n) is 8.87. The van der Waals surface area contributed by atoms with Gasteiger partial charge >= 0.3 is 0 Å². The van der Waals surface area contributed by atoms with Gasteiger partial charge in [-0.05, 0) is 36.0 Å². The number of rotatable bonds is 4. The van der Waals surface area contributed by atoms with Gasteiger partial charge in [0.25, 0.3) is 0 Å². The van der Waals surface area contributed by atoms with Crippen LogP contribution in [0.2, 0.25) is 0 Å². The summed E-state index contributed by atoms with van der Waals surface area (Å²) in [4.78, 5) is 13.4. The zero-order valence-electron chi connectivity index (χ0n) is 17.1. The lowest BCUT2D eigenvalue weighted by Crippen LogP contribution is -2.51. The molecular weight excluding hydrogens is 388 g/mol. The van der Waals surface area contributed by atoms with Crippen LogP contribution in [0.3, 0.4) is 0 Å². The molecule has 0 saturated heterocycles. The molecule has 3 aliphatic rings. The lowest BCUT2D eigenvalue weighted by Gasteiger charge is -2.47. The van der Waals surface area contributed by atoms with Crippen molar-refractivity contribution in [1.29, 1.82) is 0 Å². The zero-order valence-corrected chi connectivity index (χ0v) is 17.9. The minimum Gasteiger partial charge on any atom is -0.362 e. The fraction of sp³-hybridized carbons (Fsp3) is 0.476. The van der Waals surface area contributed by atoms with Crippen LogP contribution in [-0.4, -0.2) is 26.6 Å². The van der Waals surface area contributed by atoms with Gasteiger partial charge in [0.05, 0.1) is 17.9 Å². The Morgan fingerprint density at radius 1 is 1.28 bits per heavy atom. The van der Waals surface area contributed by atoms with E-state index in [4.69, 9.17) is 0 Å². The number of carbonyl (C=O) groups is 1. The van der Waals surface area contributed by atoms with Gasteiger partial charge in [-0.1, -0.05) is 32.9 Å². The molecule has 2 aliphatic heterocycles. The van der Waals surface area contributed by atoms with Crippen LogP contribution in [0.4, 0.5) is 5.69 Å². The fourth-order valence-corrected chi connectivity index (χ4v) is 5.51. The van der Waals surface area contributed by atoms with Crippen LogP contribution in [0, 0.1) is 5.41 Å². The molecule has 4 rings (SSSR count). The van der Waals surface area contributed by atoms with Crippen molar-refractivity contribution in [2.75, 3.05) is 11.0 Å². The van der Waals surface area contributed by atoms with Crippen LogP contribution in [0.15, 0.2) is 57.5 Å². The normalized spacial score (nSPS) is 27.8. The number of nitrogens with zero attached hydrogens (tertiary/aromatic N) is 2. The van der Waals surface area contributed by atoms with E-state index in [0.29, 0.717) is 18.5 Å². The summed E-state index contributed by atoms with van der Waals surface area (Å²) in [6.07, 6.45) is 4.45. The maximum Gasteiger partial charge on any atom is 0.229 e. The molecule has 8 heteroatoms. The number of Topliss-reactive ketones (excluding diaryl/α,β-unsaturated/α-hetero) is 1. The summed E-state index contributed by atoms with van der Waals surface area (Å²) in [7, 11) is -3.41. The second kappa shape index (κ2) is 6.52. The second-order valence-corrected chi connectivity index (χ2v) is 10.6. The van der Waals surface area contributed by atoms with Crippen LogP contribution in [-0.2, 0) is 20.2 Å². The lowest BCUT2D eigenvalue weighted by atomic mass is 9.59. The molecule has 1 aromatic carbocycles. The standard InChI is InChI=1S/C21H26N4O3S/c1-5-21(13-7-6-8-14(9-13)25-29(4,27)28)15-12-22-24-19(15)23-16-10-20(2,3)11-17(26)18(16)21/h6-9,12,19,23,25H,5,10-11H2,1-4H3/t19?,21-/m0/s1. The Morgan fingerprint density at radius 3 is 2.72 bits per heavy atom. The number of benzene rings is 1. The summed E-state index contributed by atoms with van der Waals surface area (Å²) in [5.74, 6) is 0.123. The van der Waals surface area contributed by atoms with Crippen molar-refractivity contribution in [2.24, 2.45) is 15.6 Å². The molecule has 0 radical (unpaired) electrons. The smallest absolute Gasteiger partial charge is 0.229 e. The van der Waals surface area contributed by atoms with Crippen molar-refractivity contribution >= 4 is 21.5 Å². The van der Waals surface area contributed by atoms with Gasteiger partial charge in [0.15, 0.2) is 11.9 Å². The average Bonchev–Trinajstić information content (AvgIpc) is 3.06. The highest BCUT2D eigenvalue weighted by atomic mass is 32.2. The Labute approximate surface area is 171 Å². The van der Waals surface area contributed by atoms with E-state index in [1.165, 1.54) is 0 Å². The van der Waals surface area contributed by atoms with Crippen molar-refractivity contribution in [3.63, 3.8) is 0 Å². The maximum absolute atomic E-state index is 13.4. The molecule has 1 aromatic rings. The maximum atomic E-state index is 13.4. The monoisotopic (exact) mass is 414 g/mol. The molecule has 2 N–H and O–H groups in total. The van der Waals surface area contributed by atoms with Gasteiger partial charge in [-0.3, -0.25) is 9.52 Å². The summed E-state index contributed by atoms with van der Waals surface area (Å²) in [5, 5.41) is 11.9. The highest BCUT2D eigenvalue weighted by molar-refractivity contribution is 7.92. The molecule has 154 valence electrons. The number of carbonyl (C=O) groups excluding carboxylic acids is 1. The molecule has 1 unspecified atom stereocenters. The van der Waals surface area contributed by atoms with Gasteiger partial charge in [-0.2, -0.15) is 10.2 Å². The molecule has 0 spiro atoms. The van der Waals surface area contributed by atoms with Crippen molar-refractivity contribution in [2.45, 2.75) is 51.6 Å². The van der Waals surface area contributed by atoms with Crippen LogP contribution < -0.4 is 10.0 Å². The SMILES string of the molecule is CC[C@]1(c2cccc(NS(C)(=O)=O)c2)C2=CN=NC2NC2=C1C(=O)CC(C)(C)C2. The number of hydrogen-bond donors (Lipinski definition) is 2. The van der Waals surface area contributed by atoms with E-state index in [1.54, 1.807) is 12.3 Å². The van der Waals surface area contributed by atoms with E-state index >= 15 is 0 Å². The van der Waals surface area contributed by atoms with Crippen molar-refractivity contribution in [3.8, 4) is 0 Å². The predicted molar refractivity (Wildman–Crippen MR) is 112 cm³/mol. The number of nitrogens with one attached hydrogen (secondary N) is 2. The van der Waals surface area contributed by atoms with Gasteiger partial charge < -0.3 is 5.32 Å². The first kappa shape index (κ1) is 19.8. The van der Waals surface area contributed by atoms with Crippen LogP contribution in [0.25, 0.3) is 0 Å². The molecular formula is C21H26N4O3S. The van der Waals surface area contributed by atoms with Gasteiger partial charge in [0.1, 0.15) is 0 Å². The summed E-state index contributed by atoms with van der Waals surface area (Å²) in [6, 6.07) is 7.31. The summed E-state index contributed by atoms with van der Waals surface area (Å²) >= 11 is 0. The number of anilines is 1. The molecule has 0 bridgehead atoms. The Hall–Kier alpha value is -2.48. The Kier molecular flexibility index (Phi) is 4.45. The Morgan fingerprint density at radius 2 is 2.03 bits per heavy atom. The van der Waals surface area contributed by atoms with Gasteiger partial charge in [0.2, 0.25) is 10.0 Å². The summed E-state index contributed by atoms with van der Waals surface area (Å²) < 4.78 is 26.0. The summed E-state index contributed by atoms with van der Waals surface area (Å²) in [6.45, 7) is 6.25. The van der Waals surface area contributed by atoms with Crippen molar-refractivity contribution < 1.29 is 13.2 Å². The molecule has 29 heavy (non-hydrogen) atoms. The van der Waals surface area contributed by atoms with E-state index < -0.39 is 15.4 Å². The number of fused-ring (bicyclic) bond motifs is 1. The van der Waals surface area contributed by atoms with Crippen LogP contribution in [0.5, 0.6) is 0 Å². The molecule has 2 atom stereocenters. The first-order valence-electron chi connectivity index (χ1n) is 9.78. The van der Waals surface area contributed by atoms with E-state index in [0.717, 1.165) is 35.1 Å². The highest BCUT2D eigenvalue weighted by Crippen LogP contribution is 2.53. The third-order valence-electron chi connectivity index (χ3n) is 5.97. The van der Waals surface area contributed by atoms with E-state index in [1.807, 2.05) is 18.2 Å². The number of sulfonamides is 1. The largest absolute Gasteiger partial charge is 0.362 e. The highest BCUT2D eigenvalue weighted by Gasteiger charge is 2.52. The lowest BCUT2D eigenvalue weighted by molar-refractivity contribution is -0.119. The molecule has 0 saturated carbocycles. The van der Waals surface area contributed by atoms with Crippen molar-refractivity contribution in [3.05, 3.63) is 52.9 Å². The average molecular weight is 415 g/mol. The predicted octanol–water partition coefficient (Wildman–Crippen LogP) is 3.63. The third kappa shape index (κ3) is 3.29. The molecule has 2 heterocycles. The van der Waals surface area contributed by atoms with Gasteiger partial charge in [0, 0.05) is 29.0 Å². The summed E-state index contributed by atoms with van der Waals surface area (Å²) in [5.41, 5.74) is 3.17.